The van der Waals surface area contributed by atoms with Gasteiger partial charge < -0.3 is 15.0 Å². The molecule has 0 aliphatic rings. The number of rotatable bonds is 9. The molecule has 3 aromatic heterocycles. The number of nitrogens with one attached hydrogen (secondary N) is 1. The van der Waals surface area contributed by atoms with Gasteiger partial charge in [0.15, 0.2) is 5.78 Å². The van der Waals surface area contributed by atoms with Crippen LogP contribution in [0.25, 0.3) is 11.4 Å². The van der Waals surface area contributed by atoms with Crippen LogP contribution >= 0.6 is 22.9 Å². The number of ketones is 1. The molecule has 0 atom stereocenters. The zero-order chi connectivity index (χ0) is 22.5. The van der Waals surface area contributed by atoms with Crippen LogP contribution < -0.4 is 10.9 Å². The van der Waals surface area contributed by atoms with E-state index in [9.17, 15) is 14.7 Å². The Balaban J connectivity index is 1.56. The van der Waals surface area contributed by atoms with Crippen molar-refractivity contribution in [2.24, 2.45) is 0 Å². The summed E-state index contributed by atoms with van der Waals surface area (Å²) in [4.78, 5) is 29.6. The minimum Gasteiger partial charge on any atom is -0.395 e. The maximum atomic E-state index is 12.3. The molecular weight excluding hydrogens is 448 g/mol. The fourth-order valence-corrected chi connectivity index (χ4v) is 4.34. The summed E-state index contributed by atoms with van der Waals surface area (Å²) in [5.74, 6) is 0.0411. The molecular formula is C23H21ClN4O3S. The number of pyridine rings is 1. The molecule has 0 aliphatic heterocycles. The van der Waals surface area contributed by atoms with Gasteiger partial charge in [-0.05, 0) is 42.8 Å². The molecule has 0 unspecified atom stereocenters. The second-order valence-corrected chi connectivity index (χ2v) is 8.78. The quantitative estimate of drug-likeness (QED) is 0.363. The van der Waals surface area contributed by atoms with Crippen molar-refractivity contribution < 1.29 is 9.90 Å². The Morgan fingerprint density at radius 3 is 2.81 bits per heavy atom. The highest BCUT2D eigenvalue weighted by atomic mass is 35.5. The Kier molecular flexibility index (Phi) is 6.84. The molecule has 0 radical (unpaired) electrons. The first-order chi connectivity index (χ1) is 15.5. The highest BCUT2D eigenvalue weighted by Gasteiger charge is 2.12. The molecule has 0 fully saturated rings. The largest absolute Gasteiger partial charge is 0.395 e. The molecule has 32 heavy (non-hydrogen) atoms. The van der Waals surface area contributed by atoms with E-state index in [-0.39, 0.29) is 17.9 Å². The van der Waals surface area contributed by atoms with Crippen molar-refractivity contribution >= 4 is 34.4 Å². The van der Waals surface area contributed by atoms with E-state index < -0.39 is 0 Å². The lowest BCUT2D eigenvalue weighted by atomic mass is 10.1. The first-order valence-corrected chi connectivity index (χ1v) is 11.2. The molecule has 0 spiro atoms. The van der Waals surface area contributed by atoms with Gasteiger partial charge in [0.2, 0.25) is 0 Å². The van der Waals surface area contributed by atoms with E-state index in [1.807, 2.05) is 29.0 Å². The summed E-state index contributed by atoms with van der Waals surface area (Å²) in [6, 6.07) is 14.1. The molecule has 4 rings (SSSR count). The van der Waals surface area contributed by atoms with E-state index >= 15 is 0 Å². The van der Waals surface area contributed by atoms with Gasteiger partial charge in [-0.1, -0.05) is 17.7 Å². The van der Waals surface area contributed by atoms with Gasteiger partial charge in [0.05, 0.1) is 44.9 Å². The number of anilines is 1. The van der Waals surface area contributed by atoms with Crippen LogP contribution in [0.4, 0.5) is 5.69 Å². The van der Waals surface area contributed by atoms with E-state index in [1.54, 1.807) is 41.4 Å². The predicted molar refractivity (Wildman–Crippen MR) is 127 cm³/mol. The Labute approximate surface area is 193 Å². The number of carbonyl (C=O) groups excluding carboxylic acids is 1. The summed E-state index contributed by atoms with van der Waals surface area (Å²) in [6.07, 6.45) is 6.13. The number of imidazole rings is 1. The average molecular weight is 469 g/mol. The number of aromatic nitrogens is 3. The number of aryl methyl sites for hydroxylation is 1. The predicted octanol–water partition coefficient (Wildman–Crippen LogP) is 3.96. The van der Waals surface area contributed by atoms with Crippen molar-refractivity contribution in [1.29, 1.82) is 0 Å². The standard InChI is InChI=1S/C23H21ClN4O3S/c24-22-9-8-21(32-22)20(30)7-4-16-14-27(15-26-16)19-6-5-17(13-18(19)25-10-12-29)28-11-2-1-3-23(28)31/h1-3,5-6,8-9,11,13-15,25,29H,4,7,10,12H2. The molecule has 4 aromatic rings. The lowest BCUT2D eigenvalue weighted by Gasteiger charge is -2.15. The van der Waals surface area contributed by atoms with Crippen molar-refractivity contribution in [3.05, 3.63) is 92.5 Å². The number of aliphatic hydroxyl groups excluding tert-OH is 1. The summed E-state index contributed by atoms with van der Waals surface area (Å²) in [5.41, 5.74) is 2.94. The number of nitrogens with zero attached hydrogens (tertiary/aromatic N) is 3. The van der Waals surface area contributed by atoms with Gasteiger partial charge in [-0.2, -0.15) is 0 Å². The van der Waals surface area contributed by atoms with Crippen molar-refractivity contribution in [3.8, 4) is 11.4 Å². The molecule has 7 nitrogen and oxygen atoms in total. The molecule has 0 bridgehead atoms. The Morgan fingerprint density at radius 2 is 2.06 bits per heavy atom. The Morgan fingerprint density at radius 1 is 1.19 bits per heavy atom. The molecule has 0 saturated carbocycles. The molecule has 1 aromatic carbocycles. The highest BCUT2D eigenvalue weighted by molar-refractivity contribution is 7.18. The zero-order valence-corrected chi connectivity index (χ0v) is 18.6. The number of aliphatic hydroxyl groups is 1. The molecule has 3 heterocycles. The average Bonchev–Trinajstić information content (AvgIpc) is 3.45. The molecule has 0 amide bonds. The minimum atomic E-state index is -0.130. The number of benzene rings is 1. The fourth-order valence-electron chi connectivity index (χ4n) is 3.33. The topological polar surface area (TPSA) is 89.2 Å². The van der Waals surface area contributed by atoms with Gasteiger partial charge in [0, 0.05) is 31.4 Å². The van der Waals surface area contributed by atoms with Crippen LogP contribution in [0.3, 0.4) is 0 Å². The maximum Gasteiger partial charge on any atom is 0.255 e. The summed E-state index contributed by atoms with van der Waals surface area (Å²) in [7, 11) is 0. The molecule has 9 heteroatoms. The van der Waals surface area contributed by atoms with E-state index in [0.717, 1.165) is 17.1 Å². The Bertz CT molecular complexity index is 1290. The van der Waals surface area contributed by atoms with Gasteiger partial charge in [-0.3, -0.25) is 14.2 Å². The van der Waals surface area contributed by atoms with E-state index in [4.69, 9.17) is 11.6 Å². The number of thiophene rings is 1. The normalized spacial score (nSPS) is 10.9. The first kappa shape index (κ1) is 22.0. The molecule has 0 aliphatic carbocycles. The summed E-state index contributed by atoms with van der Waals surface area (Å²) >= 11 is 7.19. The van der Waals surface area contributed by atoms with Gasteiger partial charge in [-0.15, -0.1) is 11.3 Å². The van der Waals surface area contributed by atoms with Crippen molar-refractivity contribution in [1.82, 2.24) is 14.1 Å². The third-order valence-electron chi connectivity index (χ3n) is 4.88. The first-order valence-electron chi connectivity index (χ1n) is 10.0. The second kappa shape index (κ2) is 9.95. The van der Waals surface area contributed by atoms with Crippen LogP contribution in [0.2, 0.25) is 4.34 Å². The minimum absolute atomic E-state index is 0.0288. The third-order valence-corrected chi connectivity index (χ3v) is 6.15. The van der Waals surface area contributed by atoms with E-state index in [0.29, 0.717) is 34.3 Å². The number of hydrogen-bond acceptors (Lipinski definition) is 6. The van der Waals surface area contributed by atoms with Crippen LogP contribution in [0.5, 0.6) is 0 Å². The summed E-state index contributed by atoms with van der Waals surface area (Å²) in [5, 5.41) is 12.5. The van der Waals surface area contributed by atoms with Crippen LogP contribution in [-0.2, 0) is 6.42 Å². The molecule has 2 N–H and O–H groups in total. The smallest absolute Gasteiger partial charge is 0.255 e. The maximum absolute atomic E-state index is 12.3. The molecule has 0 saturated heterocycles. The van der Waals surface area contributed by atoms with E-state index in [2.05, 4.69) is 10.3 Å². The molecule has 164 valence electrons. The lowest BCUT2D eigenvalue weighted by Crippen LogP contribution is -2.16. The van der Waals surface area contributed by atoms with Crippen molar-refractivity contribution in [3.63, 3.8) is 0 Å². The van der Waals surface area contributed by atoms with Crippen molar-refractivity contribution in [2.45, 2.75) is 12.8 Å². The summed E-state index contributed by atoms with van der Waals surface area (Å²) < 4.78 is 4.01. The monoisotopic (exact) mass is 468 g/mol. The number of hydrogen-bond donors (Lipinski definition) is 2. The lowest BCUT2D eigenvalue weighted by molar-refractivity contribution is 0.0986. The van der Waals surface area contributed by atoms with Gasteiger partial charge in [0.25, 0.3) is 5.56 Å². The second-order valence-electron chi connectivity index (χ2n) is 7.06. The number of halogens is 1. The zero-order valence-electron chi connectivity index (χ0n) is 17.1. The highest BCUT2D eigenvalue weighted by Crippen LogP contribution is 2.25. The van der Waals surface area contributed by atoms with Crippen LogP contribution in [0, 0.1) is 0 Å². The summed E-state index contributed by atoms with van der Waals surface area (Å²) in [6.45, 7) is 0.332. The third kappa shape index (κ3) is 4.99. The fraction of sp³-hybridized carbons (Fsp3) is 0.174. The van der Waals surface area contributed by atoms with Crippen LogP contribution in [0.15, 0.2) is 72.0 Å². The van der Waals surface area contributed by atoms with Crippen molar-refractivity contribution in [2.75, 3.05) is 18.5 Å². The Hall–Kier alpha value is -3.20. The SMILES string of the molecule is O=C(CCc1cn(-c2ccc(-n3ccccc3=O)cc2NCCO)cn1)c1ccc(Cl)s1. The van der Waals surface area contributed by atoms with Gasteiger partial charge >= 0.3 is 0 Å². The van der Waals surface area contributed by atoms with Crippen LogP contribution in [0.1, 0.15) is 21.8 Å². The van der Waals surface area contributed by atoms with Crippen LogP contribution in [-0.4, -0.2) is 38.2 Å². The number of Topliss-reactive ketones (excluding diaryl/α,β-unsaturated/α-hetero) is 1. The van der Waals surface area contributed by atoms with Gasteiger partial charge in [0.1, 0.15) is 0 Å². The number of carbonyl (C=O) groups is 1. The van der Waals surface area contributed by atoms with E-state index in [1.165, 1.54) is 17.4 Å². The van der Waals surface area contributed by atoms with Gasteiger partial charge in [-0.25, -0.2) is 4.98 Å².